The van der Waals surface area contributed by atoms with Crippen molar-refractivity contribution < 1.29 is 28.0 Å². The second-order valence-electron chi connectivity index (χ2n) is 7.91. The fraction of sp³-hybridized carbons (Fsp3) is 0.304. The number of likely N-dealkylation sites (tertiary alicyclic amines) is 1. The van der Waals surface area contributed by atoms with Crippen molar-refractivity contribution in [1.82, 2.24) is 9.96 Å². The van der Waals surface area contributed by atoms with E-state index in [2.05, 4.69) is 0 Å². The Morgan fingerprint density at radius 1 is 1.15 bits per heavy atom. The van der Waals surface area contributed by atoms with E-state index in [0.717, 1.165) is 16.0 Å². The van der Waals surface area contributed by atoms with Gasteiger partial charge < -0.3 is 0 Å². The molecule has 1 heterocycles. The predicted molar refractivity (Wildman–Crippen MR) is 117 cm³/mol. The van der Waals surface area contributed by atoms with Gasteiger partial charge in [-0.1, -0.05) is 31.2 Å². The van der Waals surface area contributed by atoms with Gasteiger partial charge in [-0.15, -0.1) is 0 Å². The molecule has 3 rings (SSSR count). The molecule has 1 saturated heterocycles. The summed E-state index contributed by atoms with van der Waals surface area (Å²) >= 11 is 0. The van der Waals surface area contributed by atoms with E-state index in [1.54, 1.807) is 43.3 Å². The summed E-state index contributed by atoms with van der Waals surface area (Å²) in [6.07, 6.45) is 0.000458. The molecule has 0 aliphatic carbocycles. The molecule has 0 bridgehead atoms. The molecule has 1 fully saturated rings. The van der Waals surface area contributed by atoms with Crippen LogP contribution < -0.4 is 0 Å². The average Bonchev–Trinajstić information content (AvgIpc) is 3.06. The van der Waals surface area contributed by atoms with Gasteiger partial charge in [0.15, 0.2) is 9.84 Å². The minimum absolute atomic E-state index is 0.0436. The number of hydroxylamine groups is 2. The summed E-state index contributed by atoms with van der Waals surface area (Å²) in [6, 6.07) is 14.1. The van der Waals surface area contributed by atoms with Crippen molar-refractivity contribution in [3.63, 3.8) is 0 Å². The first-order chi connectivity index (χ1) is 15.7. The van der Waals surface area contributed by atoms with Crippen LogP contribution in [0.5, 0.6) is 0 Å². The molecule has 0 aromatic heterocycles. The average molecular weight is 470 g/mol. The summed E-state index contributed by atoms with van der Waals surface area (Å²) in [7, 11) is -3.76. The highest BCUT2D eigenvalue weighted by atomic mass is 32.2. The number of hydrogen-bond donors (Lipinski definition) is 1. The lowest BCUT2D eigenvalue weighted by atomic mass is 10.0. The topological polar surface area (TPSA) is 136 Å². The molecule has 0 saturated carbocycles. The molecule has 1 N–H and O–H groups in total. The minimum atomic E-state index is -3.76. The van der Waals surface area contributed by atoms with Gasteiger partial charge in [-0.3, -0.25) is 24.5 Å². The van der Waals surface area contributed by atoms with Crippen molar-refractivity contribution in [2.24, 2.45) is 5.92 Å². The minimum Gasteiger partial charge on any atom is -0.286 e. The fourth-order valence-corrected chi connectivity index (χ4v) is 5.01. The number of nitrogens with zero attached hydrogens (tertiary/aromatic N) is 3. The Morgan fingerprint density at radius 3 is 2.21 bits per heavy atom. The normalized spacial score (nSPS) is 17.0. The van der Waals surface area contributed by atoms with E-state index in [9.17, 15) is 28.0 Å². The molecule has 1 aliphatic heterocycles. The molecule has 172 valence electrons. The molecule has 2 unspecified atom stereocenters. The molecule has 33 heavy (non-hydrogen) atoms. The van der Waals surface area contributed by atoms with Crippen LogP contribution in [0, 0.1) is 17.2 Å². The molecule has 2 atom stereocenters. The molecule has 10 heteroatoms. The third-order valence-electron chi connectivity index (χ3n) is 5.63. The van der Waals surface area contributed by atoms with Crippen LogP contribution >= 0.6 is 0 Å². The summed E-state index contributed by atoms with van der Waals surface area (Å²) < 4.78 is 25.6. The van der Waals surface area contributed by atoms with E-state index >= 15 is 0 Å². The summed E-state index contributed by atoms with van der Waals surface area (Å²) in [4.78, 5) is 36.3. The number of carbonyl (C=O) groups is 3. The maximum Gasteiger partial charge on any atom is 0.233 e. The lowest BCUT2D eigenvalue weighted by Crippen LogP contribution is -2.45. The van der Waals surface area contributed by atoms with Crippen molar-refractivity contribution in [3.8, 4) is 17.2 Å². The fourth-order valence-electron chi connectivity index (χ4n) is 3.65. The number of imide groups is 1. The van der Waals surface area contributed by atoms with Gasteiger partial charge in [0, 0.05) is 12.3 Å². The largest absolute Gasteiger partial charge is 0.286 e. The van der Waals surface area contributed by atoms with Crippen LogP contribution in [0.4, 0.5) is 0 Å². The quantitative estimate of drug-likeness (QED) is 0.257. The highest BCUT2D eigenvalue weighted by Crippen LogP contribution is 2.24. The van der Waals surface area contributed by atoms with Crippen LogP contribution in [0.2, 0.25) is 0 Å². The van der Waals surface area contributed by atoms with Crippen LogP contribution in [0.3, 0.4) is 0 Å². The number of amides is 3. The first-order valence-electron chi connectivity index (χ1n) is 10.3. The van der Waals surface area contributed by atoms with E-state index < -0.39 is 39.4 Å². The van der Waals surface area contributed by atoms with Crippen LogP contribution in [0.25, 0.3) is 11.1 Å². The monoisotopic (exact) mass is 469 g/mol. The smallest absolute Gasteiger partial charge is 0.233 e. The maximum absolute atomic E-state index is 12.8. The van der Waals surface area contributed by atoms with Crippen molar-refractivity contribution in [3.05, 3.63) is 54.1 Å². The number of hydrogen-bond acceptors (Lipinski definition) is 7. The summed E-state index contributed by atoms with van der Waals surface area (Å²) in [5.74, 6) is -1.71. The highest BCUT2D eigenvalue weighted by Gasteiger charge is 2.37. The standard InChI is InChI=1S/C23H23N3O6S/c1-16-12-22(28)25(23(16)29)14-20(26(30)15-27)10-11-33(31,32)21-8-6-19(7-9-21)18-4-2-17(13-24)3-5-18/h2-9,15-16,20,30H,10-12,14H2,1H3. The lowest BCUT2D eigenvalue weighted by Gasteiger charge is -2.26. The Hall–Kier alpha value is -3.55. The number of carbonyl (C=O) groups excluding carboxylic acids is 3. The van der Waals surface area contributed by atoms with Gasteiger partial charge in [0.25, 0.3) is 0 Å². The molecule has 2 aromatic carbocycles. The maximum atomic E-state index is 12.8. The number of benzene rings is 2. The Balaban J connectivity index is 1.71. The summed E-state index contributed by atoms with van der Waals surface area (Å²) in [5.41, 5.74) is 2.13. The van der Waals surface area contributed by atoms with E-state index in [1.165, 1.54) is 12.1 Å². The zero-order chi connectivity index (χ0) is 24.2. The molecule has 0 radical (unpaired) electrons. The molecule has 3 amide bonds. The molecular weight excluding hydrogens is 446 g/mol. The molecular formula is C23H23N3O6S. The van der Waals surface area contributed by atoms with Crippen LogP contribution in [-0.2, 0) is 24.2 Å². The van der Waals surface area contributed by atoms with Gasteiger partial charge in [-0.25, -0.2) is 13.5 Å². The van der Waals surface area contributed by atoms with Gasteiger partial charge in [0.1, 0.15) is 0 Å². The zero-order valence-corrected chi connectivity index (χ0v) is 18.7. The molecule has 1 aliphatic rings. The molecule has 2 aromatic rings. The summed E-state index contributed by atoms with van der Waals surface area (Å²) in [5, 5.41) is 19.1. The lowest BCUT2D eigenvalue weighted by molar-refractivity contribution is -0.165. The number of rotatable bonds is 9. The highest BCUT2D eigenvalue weighted by molar-refractivity contribution is 7.91. The Labute approximate surface area is 191 Å². The van der Waals surface area contributed by atoms with Crippen molar-refractivity contribution in [1.29, 1.82) is 5.26 Å². The van der Waals surface area contributed by atoms with Gasteiger partial charge in [-0.2, -0.15) is 5.26 Å². The van der Waals surface area contributed by atoms with Crippen molar-refractivity contribution in [2.75, 3.05) is 12.3 Å². The second kappa shape index (κ2) is 9.94. The van der Waals surface area contributed by atoms with Crippen LogP contribution in [0.1, 0.15) is 25.3 Å². The summed E-state index contributed by atoms with van der Waals surface area (Å²) in [6.45, 7) is 1.34. The van der Waals surface area contributed by atoms with Gasteiger partial charge in [-0.05, 0) is 41.8 Å². The Kier molecular flexibility index (Phi) is 7.26. The number of nitriles is 1. The van der Waals surface area contributed by atoms with Crippen LogP contribution in [0.15, 0.2) is 53.4 Å². The van der Waals surface area contributed by atoms with Gasteiger partial charge in [0.2, 0.25) is 18.2 Å². The third kappa shape index (κ3) is 5.45. The first-order valence-corrected chi connectivity index (χ1v) is 11.9. The van der Waals surface area contributed by atoms with Crippen LogP contribution in [-0.4, -0.2) is 60.2 Å². The third-order valence-corrected chi connectivity index (χ3v) is 7.39. The van der Waals surface area contributed by atoms with E-state index in [0.29, 0.717) is 10.6 Å². The Morgan fingerprint density at radius 2 is 1.73 bits per heavy atom. The van der Waals surface area contributed by atoms with Crippen molar-refractivity contribution in [2.45, 2.75) is 30.7 Å². The van der Waals surface area contributed by atoms with Gasteiger partial charge >= 0.3 is 0 Å². The zero-order valence-electron chi connectivity index (χ0n) is 17.9. The number of sulfone groups is 1. The molecule has 0 spiro atoms. The van der Waals surface area contributed by atoms with E-state index in [-0.39, 0.29) is 30.7 Å². The Bertz CT molecular complexity index is 1190. The molecule has 9 nitrogen and oxygen atoms in total. The van der Waals surface area contributed by atoms with Crippen molar-refractivity contribution >= 4 is 28.1 Å². The van der Waals surface area contributed by atoms with E-state index in [1.807, 2.05) is 6.07 Å². The van der Waals surface area contributed by atoms with E-state index in [4.69, 9.17) is 5.26 Å². The predicted octanol–water partition coefficient (Wildman–Crippen LogP) is 2.00. The first kappa shape index (κ1) is 24.1. The second-order valence-corrected chi connectivity index (χ2v) is 10.0. The SMILES string of the molecule is CC1CC(=O)N(CC(CCS(=O)(=O)c2ccc(-c3ccc(C#N)cc3)cc2)N(O)C=O)C1=O. The van der Waals surface area contributed by atoms with Gasteiger partial charge in [0.05, 0.1) is 34.9 Å².